The lowest BCUT2D eigenvalue weighted by Crippen LogP contribution is -2.24. The average Bonchev–Trinajstić information content (AvgIpc) is 3.45. The zero-order chi connectivity index (χ0) is 18.4. The molecule has 0 amide bonds. The van der Waals surface area contributed by atoms with Gasteiger partial charge in [-0.15, -0.1) is 22.7 Å². The summed E-state index contributed by atoms with van der Waals surface area (Å²) in [5.41, 5.74) is 2.98. The average molecular weight is 399 g/mol. The maximum absolute atomic E-state index is 10.0. The van der Waals surface area contributed by atoms with Crippen LogP contribution in [0, 0.1) is 0 Å². The SMILES string of the molecule is OC[C@H]1O[C@@H](n2cnc3c(-c4ccc(-c5cccs5)s4)cccc32)C[C@@H]1O. The molecule has 3 atom stereocenters. The minimum absolute atomic E-state index is 0.184. The lowest BCUT2D eigenvalue weighted by Gasteiger charge is -2.14. The molecule has 0 saturated carbocycles. The predicted molar refractivity (Wildman–Crippen MR) is 108 cm³/mol. The van der Waals surface area contributed by atoms with E-state index in [0.29, 0.717) is 6.42 Å². The smallest absolute Gasteiger partial charge is 0.138 e. The summed E-state index contributed by atoms with van der Waals surface area (Å²) in [6.45, 7) is -0.184. The molecule has 4 heterocycles. The van der Waals surface area contributed by atoms with E-state index in [-0.39, 0.29) is 12.8 Å². The lowest BCUT2D eigenvalue weighted by molar-refractivity contribution is -0.0430. The number of aromatic nitrogens is 2. The van der Waals surface area contributed by atoms with Gasteiger partial charge in [-0.2, -0.15) is 0 Å². The minimum Gasteiger partial charge on any atom is -0.394 e. The number of benzene rings is 1. The fraction of sp³-hybridized carbons (Fsp3) is 0.250. The van der Waals surface area contributed by atoms with Crippen molar-refractivity contribution in [2.75, 3.05) is 6.61 Å². The zero-order valence-corrected chi connectivity index (χ0v) is 16.0. The van der Waals surface area contributed by atoms with Crippen molar-refractivity contribution in [3.63, 3.8) is 0 Å². The van der Waals surface area contributed by atoms with E-state index in [1.165, 1.54) is 14.6 Å². The van der Waals surface area contributed by atoms with Crippen molar-refractivity contribution in [3.8, 4) is 20.2 Å². The Kier molecular flexibility index (Phi) is 4.34. The molecule has 1 saturated heterocycles. The summed E-state index contributed by atoms with van der Waals surface area (Å²) in [7, 11) is 0. The third-order valence-corrected chi connectivity index (χ3v) is 7.12. The maximum Gasteiger partial charge on any atom is 0.138 e. The fourth-order valence-corrected chi connectivity index (χ4v) is 5.44. The quantitative estimate of drug-likeness (QED) is 0.542. The van der Waals surface area contributed by atoms with Crippen molar-refractivity contribution in [3.05, 3.63) is 54.2 Å². The number of thiophene rings is 2. The van der Waals surface area contributed by atoms with E-state index in [2.05, 4.69) is 40.7 Å². The van der Waals surface area contributed by atoms with Crippen LogP contribution in [0.5, 0.6) is 0 Å². The van der Waals surface area contributed by atoms with Crippen LogP contribution in [-0.4, -0.2) is 38.6 Å². The van der Waals surface area contributed by atoms with Gasteiger partial charge in [0.05, 0.1) is 30.1 Å². The second kappa shape index (κ2) is 6.85. The van der Waals surface area contributed by atoms with E-state index in [0.717, 1.165) is 16.6 Å². The van der Waals surface area contributed by atoms with Crippen LogP contribution in [-0.2, 0) is 4.74 Å². The molecular weight excluding hydrogens is 380 g/mol. The van der Waals surface area contributed by atoms with Gasteiger partial charge in [0.2, 0.25) is 0 Å². The van der Waals surface area contributed by atoms with Gasteiger partial charge < -0.3 is 19.5 Å². The first kappa shape index (κ1) is 17.1. The van der Waals surface area contributed by atoms with Gasteiger partial charge in [0.25, 0.3) is 0 Å². The number of aliphatic hydroxyl groups is 2. The highest BCUT2D eigenvalue weighted by Crippen LogP contribution is 2.39. The van der Waals surface area contributed by atoms with Crippen LogP contribution in [0.15, 0.2) is 54.2 Å². The van der Waals surface area contributed by atoms with Gasteiger partial charge in [0, 0.05) is 26.6 Å². The summed E-state index contributed by atoms with van der Waals surface area (Å²) in [5, 5.41) is 21.5. The second-order valence-corrected chi connectivity index (χ2v) is 8.61. The number of imidazole rings is 1. The van der Waals surface area contributed by atoms with E-state index < -0.39 is 12.2 Å². The highest BCUT2D eigenvalue weighted by Gasteiger charge is 2.35. The molecule has 3 aromatic heterocycles. The highest BCUT2D eigenvalue weighted by atomic mass is 32.1. The standard InChI is InChI=1S/C20H18N2O3S2/c23-10-15-14(24)9-19(25-15)22-11-21-20-12(3-1-4-13(20)22)16-6-7-18(27-16)17-5-2-8-26-17/h1-8,11,14-15,19,23-24H,9-10H2/t14-,15+,19+/m0/s1. The van der Waals surface area contributed by atoms with Crippen molar-refractivity contribution < 1.29 is 14.9 Å². The van der Waals surface area contributed by atoms with Gasteiger partial charge in [-0.05, 0) is 29.6 Å². The van der Waals surface area contributed by atoms with Gasteiger partial charge in [-0.3, -0.25) is 0 Å². The molecule has 0 spiro atoms. The van der Waals surface area contributed by atoms with Crippen molar-refractivity contribution in [2.24, 2.45) is 0 Å². The first-order chi connectivity index (χ1) is 13.2. The molecular formula is C20H18N2O3S2. The molecule has 0 bridgehead atoms. The van der Waals surface area contributed by atoms with Crippen LogP contribution in [0.3, 0.4) is 0 Å². The molecule has 5 nitrogen and oxygen atoms in total. The molecule has 7 heteroatoms. The first-order valence-electron chi connectivity index (χ1n) is 8.78. The largest absolute Gasteiger partial charge is 0.394 e. The monoisotopic (exact) mass is 398 g/mol. The van der Waals surface area contributed by atoms with Gasteiger partial charge in [0.1, 0.15) is 12.3 Å². The fourth-order valence-electron chi connectivity index (χ4n) is 3.57. The zero-order valence-electron chi connectivity index (χ0n) is 14.4. The van der Waals surface area contributed by atoms with Crippen LogP contribution in [0.1, 0.15) is 12.6 Å². The molecule has 0 aliphatic carbocycles. The summed E-state index contributed by atoms with van der Waals surface area (Å²) in [6, 6.07) is 14.6. The number of rotatable bonds is 4. The van der Waals surface area contributed by atoms with E-state index in [4.69, 9.17) is 4.74 Å². The van der Waals surface area contributed by atoms with Crippen molar-refractivity contribution in [1.29, 1.82) is 0 Å². The first-order valence-corrected chi connectivity index (χ1v) is 10.5. The van der Waals surface area contributed by atoms with E-state index in [9.17, 15) is 10.2 Å². The summed E-state index contributed by atoms with van der Waals surface area (Å²) < 4.78 is 7.75. The Labute approximate surface area is 164 Å². The van der Waals surface area contributed by atoms with Gasteiger partial charge in [-0.25, -0.2) is 4.98 Å². The normalized spacial score (nSPS) is 22.7. The molecule has 0 unspecified atom stereocenters. The summed E-state index contributed by atoms with van der Waals surface area (Å²) in [4.78, 5) is 8.34. The predicted octanol–water partition coefficient (Wildman–Crippen LogP) is 4.13. The molecule has 5 rings (SSSR count). The number of aliphatic hydroxyl groups excluding tert-OH is 2. The molecule has 1 aromatic carbocycles. The van der Waals surface area contributed by atoms with Crippen LogP contribution >= 0.6 is 22.7 Å². The van der Waals surface area contributed by atoms with Gasteiger partial charge in [-0.1, -0.05) is 18.2 Å². The van der Waals surface area contributed by atoms with Crippen LogP contribution < -0.4 is 0 Å². The summed E-state index contributed by atoms with van der Waals surface area (Å²) in [6.07, 6.45) is 0.691. The van der Waals surface area contributed by atoms with Crippen LogP contribution in [0.4, 0.5) is 0 Å². The highest BCUT2D eigenvalue weighted by molar-refractivity contribution is 7.23. The number of para-hydroxylation sites is 1. The number of ether oxygens (including phenoxy) is 1. The molecule has 0 radical (unpaired) electrons. The van der Waals surface area contributed by atoms with E-state index in [1.807, 2.05) is 16.7 Å². The Balaban J connectivity index is 1.53. The topological polar surface area (TPSA) is 67.5 Å². The van der Waals surface area contributed by atoms with Crippen LogP contribution in [0.2, 0.25) is 0 Å². The Morgan fingerprint density at radius 1 is 1.11 bits per heavy atom. The summed E-state index contributed by atoms with van der Waals surface area (Å²) in [5.74, 6) is 0. The molecule has 1 aliphatic rings. The Morgan fingerprint density at radius 3 is 2.78 bits per heavy atom. The number of hydrogen-bond donors (Lipinski definition) is 2. The molecule has 4 aromatic rings. The number of nitrogens with zero attached hydrogens (tertiary/aromatic N) is 2. The molecule has 2 N–H and O–H groups in total. The van der Waals surface area contributed by atoms with Crippen LogP contribution in [0.25, 0.3) is 31.2 Å². The molecule has 1 aliphatic heterocycles. The summed E-state index contributed by atoms with van der Waals surface area (Å²) >= 11 is 3.50. The minimum atomic E-state index is -0.661. The van der Waals surface area contributed by atoms with Gasteiger partial charge >= 0.3 is 0 Å². The second-order valence-electron chi connectivity index (χ2n) is 6.58. The molecule has 27 heavy (non-hydrogen) atoms. The van der Waals surface area contributed by atoms with Crippen molar-refractivity contribution in [1.82, 2.24) is 9.55 Å². The van der Waals surface area contributed by atoms with Crippen molar-refractivity contribution >= 4 is 33.7 Å². The van der Waals surface area contributed by atoms with Gasteiger partial charge in [0.15, 0.2) is 0 Å². The lowest BCUT2D eigenvalue weighted by atomic mass is 10.1. The molecule has 1 fully saturated rings. The Bertz CT molecular complexity index is 1070. The molecule has 138 valence electrons. The number of fused-ring (bicyclic) bond motifs is 1. The van der Waals surface area contributed by atoms with E-state index in [1.54, 1.807) is 29.0 Å². The van der Waals surface area contributed by atoms with E-state index >= 15 is 0 Å². The third-order valence-electron chi connectivity index (χ3n) is 4.93. The third kappa shape index (κ3) is 2.92. The number of hydrogen-bond acceptors (Lipinski definition) is 6. The maximum atomic E-state index is 10.0. The van der Waals surface area contributed by atoms with Crippen molar-refractivity contribution in [2.45, 2.75) is 24.9 Å². The Morgan fingerprint density at radius 2 is 2.00 bits per heavy atom. The Hall–Kier alpha value is -2.03.